The van der Waals surface area contributed by atoms with Gasteiger partial charge in [0.25, 0.3) is 0 Å². The van der Waals surface area contributed by atoms with Gasteiger partial charge < -0.3 is 23.7 Å². The second-order valence-electron chi connectivity index (χ2n) is 6.30. The molecule has 0 amide bonds. The summed E-state index contributed by atoms with van der Waals surface area (Å²) in [6.45, 7) is 4.07. The standard InChI is InChI=1S/C18H25N3O11/c1-9(22)28-8-15(29-10(2)23)17(31-12(4)25)18(32-13(5)26)16(30-11(3)24)14(27)6-7-20-21-19/h15-18H,6-8H2,1-5H3/t15-,16-,17-,18-/m1/s1. The normalized spacial score (nSPS) is 13.8. The maximum Gasteiger partial charge on any atom is 0.303 e. The molecule has 14 nitrogen and oxygen atoms in total. The van der Waals surface area contributed by atoms with Crippen molar-refractivity contribution in [3.8, 4) is 0 Å². The number of hydrogen-bond acceptors (Lipinski definition) is 12. The molecule has 0 aliphatic rings. The van der Waals surface area contributed by atoms with E-state index in [1.54, 1.807) is 0 Å². The van der Waals surface area contributed by atoms with Crippen LogP contribution < -0.4 is 0 Å². The van der Waals surface area contributed by atoms with Crippen LogP contribution in [0.2, 0.25) is 0 Å². The zero-order valence-electron chi connectivity index (χ0n) is 18.3. The van der Waals surface area contributed by atoms with Crippen molar-refractivity contribution in [1.29, 1.82) is 0 Å². The predicted octanol–water partition coefficient (Wildman–Crippen LogP) is 0.546. The zero-order valence-corrected chi connectivity index (χ0v) is 18.3. The Morgan fingerprint density at radius 2 is 1.25 bits per heavy atom. The van der Waals surface area contributed by atoms with E-state index in [0.29, 0.717) is 0 Å². The molecule has 0 aliphatic carbocycles. The number of azide groups is 1. The molecule has 0 heterocycles. The third-order valence-corrected chi connectivity index (χ3v) is 3.49. The molecule has 0 aliphatic heterocycles. The lowest BCUT2D eigenvalue weighted by Gasteiger charge is -2.34. The lowest BCUT2D eigenvalue weighted by atomic mass is 9.97. The Bertz CT molecular complexity index is 776. The molecule has 0 rings (SSSR count). The van der Waals surface area contributed by atoms with Gasteiger partial charge in [-0.25, -0.2) is 0 Å². The van der Waals surface area contributed by atoms with E-state index in [4.69, 9.17) is 29.2 Å². The molecule has 0 saturated heterocycles. The summed E-state index contributed by atoms with van der Waals surface area (Å²) >= 11 is 0. The Hall–Kier alpha value is -3.67. The highest BCUT2D eigenvalue weighted by Crippen LogP contribution is 2.21. The molecule has 0 radical (unpaired) electrons. The van der Waals surface area contributed by atoms with E-state index in [9.17, 15) is 28.8 Å². The van der Waals surface area contributed by atoms with Gasteiger partial charge in [0.1, 0.15) is 6.61 Å². The van der Waals surface area contributed by atoms with Crippen molar-refractivity contribution in [1.82, 2.24) is 0 Å². The molecule has 0 unspecified atom stereocenters. The molecule has 0 N–H and O–H groups in total. The number of carbonyl (C=O) groups excluding carboxylic acids is 6. The summed E-state index contributed by atoms with van der Waals surface area (Å²) in [5, 5.41) is 3.21. The van der Waals surface area contributed by atoms with Crippen LogP contribution in [0.4, 0.5) is 0 Å². The van der Waals surface area contributed by atoms with Crippen LogP contribution in [0.3, 0.4) is 0 Å². The first-order valence-electron chi connectivity index (χ1n) is 9.24. The van der Waals surface area contributed by atoms with Crippen molar-refractivity contribution in [2.45, 2.75) is 65.5 Å². The lowest BCUT2D eigenvalue weighted by Crippen LogP contribution is -2.55. The summed E-state index contributed by atoms with van der Waals surface area (Å²) < 4.78 is 25.2. The summed E-state index contributed by atoms with van der Waals surface area (Å²) in [5.41, 5.74) is 8.38. The summed E-state index contributed by atoms with van der Waals surface area (Å²) in [5.74, 6) is -5.33. The molecule has 0 fully saturated rings. The number of carbonyl (C=O) groups is 6. The topological polar surface area (TPSA) is 197 Å². The molecule has 14 heteroatoms. The fourth-order valence-electron chi connectivity index (χ4n) is 2.49. The third kappa shape index (κ3) is 11.5. The minimum absolute atomic E-state index is 0.307. The number of ketones is 1. The van der Waals surface area contributed by atoms with Gasteiger partial charge in [0.15, 0.2) is 24.1 Å². The van der Waals surface area contributed by atoms with Gasteiger partial charge in [-0.15, -0.1) is 0 Å². The van der Waals surface area contributed by atoms with Crippen molar-refractivity contribution >= 4 is 35.6 Å². The first-order valence-corrected chi connectivity index (χ1v) is 9.24. The van der Waals surface area contributed by atoms with Crippen LogP contribution in [0.15, 0.2) is 5.11 Å². The van der Waals surface area contributed by atoms with E-state index >= 15 is 0 Å². The Morgan fingerprint density at radius 3 is 1.69 bits per heavy atom. The number of rotatable bonds is 13. The molecule has 0 bridgehead atoms. The van der Waals surface area contributed by atoms with E-state index in [-0.39, 0.29) is 6.54 Å². The highest BCUT2D eigenvalue weighted by atomic mass is 16.6. The number of Topliss-reactive ketones (excluding diaryl/α,β-unsaturated/α-hetero) is 1. The van der Waals surface area contributed by atoms with Gasteiger partial charge in [0.05, 0.1) is 0 Å². The zero-order chi connectivity index (χ0) is 24.8. The second kappa shape index (κ2) is 14.4. The monoisotopic (exact) mass is 459 g/mol. The molecule has 0 aromatic heterocycles. The van der Waals surface area contributed by atoms with Crippen molar-refractivity contribution in [3.05, 3.63) is 10.4 Å². The average Bonchev–Trinajstić information content (AvgIpc) is 2.65. The fraction of sp³-hybridized carbons (Fsp3) is 0.667. The van der Waals surface area contributed by atoms with Gasteiger partial charge in [0.2, 0.25) is 6.10 Å². The summed E-state index contributed by atoms with van der Waals surface area (Å²) in [4.78, 5) is 73.1. The smallest absolute Gasteiger partial charge is 0.303 e. The van der Waals surface area contributed by atoms with Gasteiger partial charge in [0, 0.05) is 52.5 Å². The number of nitrogens with zero attached hydrogens (tertiary/aromatic N) is 3. The summed E-state index contributed by atoms with van der Waals surface area (Å²) in [6.07, 6.45) is -7.29. The number of hydrogen-bond donors (Lipinski definition) is 0. The average molecular weight is 459 g/mol. The Kier molecular flexibility index (Phi) is 12.7. The van der Waals surface area contributed by atoms with E-state index in [1.165, 1.54) is 0 Å². The van der Waals surface area contributed by atoms with Crippen molar-refractivity contribution < 1.29 is 52.5 Å². The predicted molar refractivity (Wildman–Crippen MR) is 102 cm³/mol. The highest BCUT2D eigenvalue weighted by Gasteiger charge is 2.46. The van der Waals surface area contributed by atoms with Crippen LogP contribution >= 0.6 is 0 Å². The first kappa shape index (κ1) is 28.3. The molecule has 32 heavy (non-hydrogen) atoms. The highest BCUT2D eigenvalue weighted by molar-refractivity contribution is 5.86. The Labute approximate surface area is 183 Å². The molecule has 178 valence electrons. The van der Waals surface area contributed by atoms with Crippen molar-refractivity contribution in [3.63, 3.8) is 0 Å². The van der Waals surface area contributed by atoms with Gasteiger partial charge in [-0.1, -0.05) is 5.11 Å². The first-order chi connectivity index (χ1) is 14.9. The van der Waals surface area contributed by atoms with E-state index in [0.717, 1.165) is 34.6 Å². The van der Waals surface area contributed by atoms with Gasteiger partial charge in [-0.05, 0) is 5.53 Å². The van der Waals surface area contributed by atoms with Crippen molar-refractivity contribution in [2.75, 3.05) is 13.2 Å². The van der Waals surface area contributed by atoms with Gasteiger partial charge >= 0.3 is 29.8 Å². The van der Waals surface area contributed by atoms with E-state index in [1.807, 2.05) is 0 Å². The maximum atomic E-state index is 12.7. The molecular weight excluding hydrogens is 434 g/mol. The Morgan fingerprint density at radius 1 is 0.750 bits per heavy atom. The molecule has 0 aromatic carbocycles. The third-order valence-electron chi connectivity index (χ3n) is 3.49. The van der Waals surface area contributed by atoms with Crippen molar-refractivity contribution in [2.24, 2.45) is 5.11 Å². The van der Waals surface area contributed by atoms with Crippen LogP contribution in [-0.4, -0.2) is 73.2 Å². The van der Waals surface area contributed by atoms with Crippen LogP contribution in [0.5, 0.6) is 0 Å². The fourth-order valence-corrected chi connectivity index (χ4v) is 2.49. The molecule has 0 spiro atoms. The number of ether oxygens (including phenoxy) is 5. The number of esters is 5. The minimum atomic E-state index is -1.83. The quantitative estimate of drug-likeness (QED) is 0.122. The van der Waals surface area contributed by atoms with Crippen LogP contribution in [-0.2, 0) is 52.5 Å². The van der Waals surface area contributed by atoms with Crippen LogP contribution in [0, 0.1) is 0 Å². The SMILES string of the molecule is CC(=O)OC[C@@H](OC(C)=O)[C@@H](OC(C)=O)[C@H](OC(C)=O)[C@H](OC(C)=O)C(=O)CCN=[N+]=[N-]. The van der Waals surface area contributed by atoms with Crippen LogP contribution in [0.25, 0.3) is 10.4 Å². The molecule has 4 atom stereocenters. The second-order valence-corrected chi connectivity index (χ2v) is 6.30. The summed E-state index contributed by atoms with van der Waals surface area (Å²) in [6, 6.07) is 0. The summed E-state index contributed by atoms with van der Waals surface area (Å²) in [7, 11) is 0. The molecule has 0 aromatic rings. The van der Waals surface area contributed by atoms with Crippen LogP contribution in [0.1, 0.15) is 41.0 Å². The lowest BCUT2D eigenvalue weighted by molar-refractivity contribution is -0.203. The van der Waals surface area contributed by atoms with Gasteiger partial charge in [-0.2, -0.15) is 0 Å². The minimum Gasteiger partial charge on any atom is -0.462 e. The van der Waals surface area contributed by atoms with E-state index < -0.39 is 73.1 Å². The maximum absolute atomic E-state index is 12.7. The largest absolute Gasteiger partial charge is 0.462 e. The molecular formula is C18H25N3O11. The molecule has 0 saturated carbocycles. The van der Waals surface area contributed by atoms with E-state index in [2.05, 4.69) is 10.0 Å². The van der Waals surface area contributed by atoms with Gasteiger partial charge in [-0.3, -0.25) is 28.8 Å². The Balaban J connectivity index is 6.39.